The molecule has 0 amide bonds. The quantitative estimate of drug-likeness (QED) is 0.655. The first-order valence-electron chi connectivity index (χ1n) is 7.29. The van der Waals surface area contributed by atoms with Crippen LogP contribution in [0, 0.1) is 19.8 Å². The molecule has 2 heteroatoms. The van der Waals surface area contributed by atoms with Gasteiger partial charge in [0.25, 0.3) is 0 Å². The number of nitrogens with one attached hydrogen (secondary N) is 1. The van der Waals surface area contributed by atoms with Crippen LogP contribution in [0.15, 0.2) is 48.5 Å². The van der Waals surface area contributed by atoms with Gasteiger partial charge in [-0.2, -0.15) is 0 Å². The second-order valence-corrected chi connectivity index (χ2v) is 5.92. The Morgan fingerprint density at radius 2 is 1.85 bits per heavy atom. The van der Waals surface area contributed by atoms with Gasteiger partial charge in [0, 0.05) is 6.04 Å². The Morgan fingerprint density at radius 1 is 1.10 bits per heavy atom. The minimum Gasteiger partial charge on any atom is -0.271 e. The van der Waals surface area contributed by atoms with Gasteiger partial charge in [0.15, 0.2) is 0 Å². The zero-order valence-corrected chi connectivity index (χ0v) is 12.1. The molecule has 1 saturated carbocycles. The first-order chi connectivity index (χ1) is 9.70. The molecule has 0 spiro atoms. The molecule has 1 fully saturated rings. The van der Waals surface area contributed by atoms with E-state index in [2.05, 4.69) is 67.8 Å². The predicted octanol–water partition coefficient (Wildman–Crippen LogP) is 3.61. The van der Waals surface area contributed by atoms with Crippen molar-refractivity contribution < 1.29 is 0 Å². The number of hydrazine groups is 1. The highest BCUT2D eigenvalue weighted by Gasteiger charge is 2.44. The topological polar surface area (TPSA) is 38.0 Å². The van der Waals surface area contributed by atoms with E-state index in [-0.39, 0.29) is 6.04 Å². The van der Waals surface area contributed by atoms with Gasteiger partial charge >= 0.3 is 0 Å². The molecular weight excluding hydrogens is 244 g/mol. The van der Waals surface area contributed by atoms with Gasteiger partial charge in [0.2, 0.25) is 0 Å². The molecule has 3 atom stereocenters. The van der Waals surface area contributed by atoms with Crippen LogP contribution in [0.1, 0.15) is 40.6 Å². The molecule has 0 heterocycles. The fraction of sp³-hybridized carbons (Fsp3) is 0.333. The number of rotatable bonds is 4. The van der Waals surface area contributed by atoms with Gasteiger partial charge in [0.1, 0.15) is 0 Å². The summed E-state index contributed by atoms with van der Waals surface area (Å²) in [4.78, 5) is 0. The Morgan fingerprint density at radius 3 is 2.50 bits per heavy atom. The second-order valence-electron chi connectivity index (χ2n) is 5.92. The molecule has 3 rings (SSSR count). The van der Waals surface area contributed by atoms with Crippen LogP contribution in [0.5, 0.6) is 0 Å². The standard InChI is InChI=1S/C18H22N2/c1-12-8-9-15(13(2)10-12)18(20-19)17-11-16(17)14-6-4-3-5-7-14/h3-10,16-18,20H,11,19H2,1-2H3. The molecule has 1 aliphatic rings. The SMILES string of the molecule is Cc1ccc(C(NN)C2CC2c2ccccc2)c(C)c1. The maximum atomic E-state index is 5.84. The average molecular weight is 266 g/mol. The predicted molar refractivity (Wildman–Crippen MR) is 83.3 cm³/mol. The maximum absolute atomic E-state index is 5.84. The number of nitrogens with two attached hydrogens (primary N) is 1. The Bertz CT molecular complexity index is 592. The summed E-state index contributed by atoms with van der Waals surface area (Å²) in [5.41, 5.74) is 8.44. The van der Waals surface area contributed by atoms with Crippen molar-refractivity contribution in [2.75, 3.05) is 0 Å². The van der Waals surface area contributed by atoms with Crippen molar-refractivity contribution in [2.24, 2.45) is 11.8 Å². The van der Waals surface area contributed by atoms with Crippen LogP contribution in [-0.4, -0.2) is 0 Å². The van der Waals surface area contributed by atoms with E-state index in [0.29, 0.717) is 11.8 Å². The maximum Gasteiger partial charge on any atom is 0.0496 e. The number of benzene rings is 2. The van der Waals surface area contributed by atoms with Gasteiger partial charge in [0.05, 0.1) is 0 Å². The lowest BCUT2D eigenvalue weighted by atomic mass is 9.94. The minimum absolute atomic E-state index is 0.251. The first-order valence-corrected chi connectivity index (χ1v) is 7.29. The summed E-state index contributed by atoms with van der Waals surface area (Å²) >= 11 is 0. The van der Waals surface area contributed by atoms with Crippen molar-refractivity contribution in [1.82, 2.24) is 5.43 Å². The van der Waals surface area contributed by atoms with Crippen molar-refractivity contribution in [1.29, 1.82) is 0 Å². The summed E-state index contributed by atoms with van der Waals surface area (Å²) in [5, 5.41) is 0. The normalized spacial score (nSPS) is 22.6. The van der Waals surface area contributed by atoms with Crippen molar-refractivity contribution in [3.05, 3.63) is 70.8 Å². The fourth-order valence-electron chi connectivity index (χ4n) is 3.29. The molecular formula is C18H22N2. The van der Waals surface area contributed by atoms with Crippen molar-refractivity contribution >= 4 is 0 Å². The van der Waals surface area contributed by atoms with E-state index in [1.165, 1.54) is 28.7 Å². The smallest absolute Gasteiger partial charge is 0.0496 e. The molecule has 1 aliphatic carbocycles. The van der Waals surface area contributed by atoms with Crippen molar-refractivity contribution in [3.8, 4) is 0 Å². The third-order valence-corrected chi connectivity index (χ3v) is 4.44. The van der Waals surface area contributed by atoms with E-state index < -0.39 is 0 Å². The second kappa shape index (κ2) is 5.39. The first kappa shape index (κ1) is 13.3. The monoisotopic (exact) mass is 266 g/mol. The highest BCUT2D eigenvalue weighted by molar-refractivity contribution is 5.36. The van der Waals surface area contributed by atoms with Gasteiger partial charge in [-0.3, -0.25) is 11.3 Å². The van der Waals surface area contributed by atoms with Gasteiger partial charge in [-0.25, -0.2) is 0 Å². The Balaban J connectivity index is 1.82. The summed E-state index contributed by atoms with van der Waals surface area (Å²) in [7, 11) is 0. The molecule has 2 aromatic rings. The zero-order chi connectivity index (χ0) is 14.1. The summed E-state index contributed by atoms with van der Waals surface area (Å²) in [6.45, 7) is 4.30. The molecule has 0 saturated heterocycles. The molecule has 104 valence electrons. The molecule has 20 heavy (non-hydrogen) atoms. The minimum atomic E-state index is 0.251. The van der Waals surface area contributed by atoms with Crippen LogP contribution in [0.2, 0.25) is 0 Å². The molecule has 0 bridgehead atoms. The van der Waals surface area contributed by atoms with Crippen LogP contribution < -0.4 is 11.3 Å². The Kier molecular flexibility index (Phi) is 3.60. The summed E-state index contributed by atoms with van der Waals surface area (Å²) in [6, 6.07) is 17.6. The van der Waals surface area contributed by atoms with E-state index >= 15 is 0 Å². The van der Waals surface area contributed by atoms with Crippen LogP contribution in [-0.2, 0) is 0 Å². The highest BCUT2D eigenvalue weighted by Crippen LogP contribution is 2.54. The van der Waals surface area contributed by atoms with E-state index in [9.17, 15) is 0 Å². The van der Waals surface area contributed by atoms with Crippen LogP contribution in [0.25, 0.3) is 0 Å². The van der Waals surface area contributed by atoms with E-state index in [4.69, 9.17) is 5.84 Å². The molecule has 0 radical (unpaired) electrons. The summed E-state index contributed by atoms with van der Waals surface area (Å²) in [6.07, 6.45) is 1.21. The molecule has 3 unspecified atom stereocenters. The third kappa shape index (κ3) is 2.49. The molecule has 3 N–H and O–H groups in total. The zero-order valence-electron chi connectivity index (χ0n) is 12.1. The van der Waals surface area contributed by atoms with Crippen molar-refractivity contribution in [3.63, 3.8) is 0 Å². The van der Waals surface area contributed by atoms with E-state index in [1.54, 1.807) is 0 Å². The molecule has 2 aromatic carbocycles. The number of aryl methyl sites for hydroxylation is 2. The van der Waals surface area contributed by atoms with Crippen LogP contribution >= 0.6 is 0 Å². The van der Waals surface area contributed by atoms with E-state index in [1.807, 2.05) is 0 Å². The van der Waals surface area contributed by atoms with E-state index in [0.717, 1.165) is 0 Å². The number of hydrogen-bond acceptors (Lipinski definition) is 2. The lowest BCUT2D eigenvalue weighted by molar-refractivity contribution is 0.485. The highest BCUT2D eigenvalue weighted by atomic mass is 15.2. The van der Waals surface area contributed by atoms with Gasteiger partial charge in [-0.1, -0.05) is 54.1 Å². The van der Waals surface area contributed by atoms with Crippen LogP contribution in [0.4, 0.5) is 0 Å². The van der Waals surface area contributed by atoms with Crippen molar-refractivity contribution in [2.45, 2.75) is 32.2 Å². The number of hydrogen-bond donors (Lipinski definition) is 2. The lowest BCUT2D eigenvalue weighted by Crippen LogP contribution is -2.30. The van der Waals surface area contributed by atoms with Crippen LogP contribution in [0.3, 0.4) is 0 Å². The Labute approximate surface area is 121 Å². The average Bonchev–Trinajstić information content (AvgIpc) is 3.23. The fourth-order valence-corrected chi connectivity index (χ4v) is 3.29. The van der Waals surface area contributed by atoms with Gasteiger partial charge in [-0.05, 0) is 48.8 Å². The summed E-state index contributed by atoms with van der Waals surface area (Å²) in [5.74, 6) is 7.08. The third-order valence-electron chi connectivity index (χ3n) is 4.44. The summed E-state index contributed by atoms with van der Waals surface area (Å²) < 4.78 is 0. The molecule has 2 nitrogen and oxygen atoms in total. The molecule has 0 aromatic heterocycles. The lowest BCUT2D eigenvalue weighted by Gasteiger charge is -2.19. The molecule has 0 aliphatic heterocycles. The van der Waals surface area contributed by atoms with Gasteiger partial charge in [-0.15, -0.1) is 0 Å². The Hall–Kier alpha value is -1.64. The largest absolute Gasteiger partial charge is 0.271 e. The van der Waals surface area contributed by atoms with Gasteiger partial charge < -0.3 is 0 Å².